The summed E-state index contributed by atoms with van der Waals surface area (Å²) < 4.78 is 25.3. The maximum absolute atomic E-state index is 12.2. The molecule has 0 radical (unpaired) electrons. The lowest BCUT2D eigenvalue weighted by molar-refractivity contribution is 0.0846. The molecule has 0 aromatic heterocycles. The van der Waals surface area contributed by atoms with Crippen LogP contribution in [-0.4, -0.2) is 38.6 Å². The van der Waals surface area contributed by atoms with Crippen LogP contribution in [-0.2, 0) is 10.0 Å². The molecule has 138 valence electrons. The van der Waals surface area contributed by atoms with Gasteiger partial charge in [-0.2, -0.15) is 0 Å². The van der Waals surface area contributed by atoms with Crippen LogP contribution in [0.15, 0.2) is 47.4 Å². The van der Waals surface area contributed by atoms with Gasteiger partial charge in [0.25, 0.3) is 11.8 Å². The van der Waals surface area contributed by atoms with E-state index < -0.39 is 21.8 Å². The van der Waals surface area contributed by atoms with Crippen LogP contribution in [0.2, 0.25) is 10.0 Å². The molecule has 0 heterocycles. The summed E-state index contributed by atoms with van der Waals surface area (Å²) in [5, 5.41) is 0.547. The number of nitrogens with zero attached hydrogens (tertiary/aromatic N) is 1. The van der Waals surface area contributed by atoms with Gasteiger partial charge in [-0.3, -0.25) is 20.4 Å². The third kappa shape index (κ3) is 4.73. The first-order chi connectivity index (χ1) is 12.1. The first-order valence-corrected chi connectivity index (χ1v) is 9.40. The molecule has 0 bridgehead atoms. The molecule has 2 aromatic rings. The maximum atomic E-state index is 12.2. The lowest BCUT2D eigenvalue weighted by Crippen LogP contribution is -2.41. The highest BCUT2D eigenvalue weighted by Crippen LogP contribution is 2.19. The van der Waals surface area contributed by atoms with Crippen molar-refractivity contribution in [2.45, 2.75) is 4.90 Å². The van der Waals surface area contributed by atoms with Gasteiger partial charge >= 0.3 is 0 Å². The molecule has 0 saturated carbocycles. The number of rotatable bonds is 4. The van der Waals surface area contributed by atoms with Gasteiger partial charge in [0.05, 0.1) is 4.90 Å². The minimum atomic E-state index is -3.68. The molecule has 2 N–H and O–H groups in total. The van der Waals surface area contributed by atoms with E-state index in [1.54, 1.807) is 0 Å². The van der Waals surface area contributed by atoms with Crippen LogP contribution in [0.5, 0.6) is 0 Å². The number of hydrogen-bond acceptors (Lipinski definition) is 4. The van der Waals surface area contributed by atoms with Gasteiger partial charge in [0, 0.05) is 35.3 Å². The summed E-state index contributed by atoms with van der Waals surface area (Å²) in [6.45, 7) is 0. The quantitative estimate of drug-likeness (QED) is 0.748. The van der Waals surface area contributed by atoms with E-state index in [-0.39, 0.29) is 26.1 Å². The average Bonchev–Trinajstić information content (AvgIpc) is 2.58. The van der Waals surface area contributed by atoms with Crippen molar-refractivity contribution in [3.63, 3.8) is 0 Å². The fourth-order valence-electron chi connectivity index (χ4n) is 1.95. The average molecular weight is 416 g/mol. The van der Waals surface area contributed by atoms with Gasteiger partial charge < -0.3 is 0 Å². The molecular formula is C16H15Cl2N3O4S. The molecule has 2 amide bonds. The third-order valence-corrected chi connectivity index (χ3v) is 5.54. The predicted octanol–water partition coefficient (Wildman–Crippen LogP) is 2.32. The molecule has 2 aromatic carbocycles. The third-order valence-electron chi connectivity index (χ3n) is 3.29. The van der Waals surface area contributed by atoms with Crippen LogP contribution < -0.4 is 10.9 Å². The van der Waals surface area contributed by atoms with Crippen molar-refractivity contribution in [1.82, 2.24) is 15.2 Å². The SMILES string of the molecule is CN(C)S(=O)(=O)c1cccc(C(=O)NNC(=O)c2cc(Cl)cc(Cl)c2)c1. The van der Waals surface area contributed by atoms with Crippen LogP contribution in [0.3, 0.4) is 0 Å². The minimum absolute atomic E-state index is 0.0388. The first kappa shape index (κ1) is 20.2. The van der Waals surface area contributed by atoms with E-state index in [1.165, 1.54) is 56.6 Å². The number of hydrazine groups is 1. The van der Waals surface area contributed by atoms with Gasteiger partial charge in [-0.1, -0.05) is 29.3 Å². The number of halogens is 2. The number of carbonyl (C=O) groups is 2. The van der Waals surface area contributed by atoms with Gasteiger partial charge in [0.2, 0.25) is 10.0 Å². The smallest absolute Gasteiger partial charge is 0.267 e. The number of sulfonamides is 1. The van der Waals surface area contributed by atoms with Gasteiger partial charge in [0.15, 0.2) is 0 Å². The predicted molar refractivity (Wildman–Crippen MR) is 98.7 cm³/mol. The van der Waals surface area contributed by atoms with E-state index in [0.29, 0.717) is 0 Å². The van der Waals surface area contributed by atoms with E-state index in [4.69, 9.17) is 23.2 Å². The van der Waals surface area contributed by atoms with Gasteiger partial charge in [-0.15, -0.1) is 0 Å². The van der Waals surface area contributed by atoms with E-state index >= 15 is 0 Å². The van der Waals surface area contributed by atoms with E-state index in [9.17, 15) is 18.0 Å². The van der Waals surface area contributed by atoms with Crippen LogP contribution >= 0.6 is 23.2 Å². The number of benzene rings is 2. The molecule has 10 heteroatoms. The second kappa shape index (κ2) is 8.05. The Morgan fingerprint density at radius 3 is 1.96 bits per heavy atom. The Balaban J connectivity index is 2.12. The zero-order valence-electron chi connectivity index (χ0n) is 13.8. The van der Waals surface area contributed by atoms with Crippen molar-refractivity contribution in [1.29, 1.82) is 0 Å². The highest BCUT2D eigenvalue weighted by atomic mass is 35.5. The summed E-state index contributed by atoms with van der Waals surface area (Å²) in [7, 11) is -0.905. The Hall–Kier alpha value is -2.13. The van der Waals surface area contributed by atoms with Gasteiger partial charge in [-0.25, -0.2) is 12.7 Å². The Bertz CT molecular complexity index is 941. The molecule has 0 saturated heterocycles. The van der Waals surface area contributed by atoms with Crippen molar-refractivity contribution in [3.8, 4) is 0 Å². The molecule has 2 rings (SSSR count). The fourth-order valence-corrected chi connectivity index (χ4v) is 3.43. The number of nitrogens with one attached hydrogen (secondary N) is 2. The minimum Gasteiger partial charge on any atom is -0.267 e. The van der Waals surface area contributed by atoms with Gasteiger partial charge in [-0.05, 0) is 36.4 Å². The molecule has 0 unspecified atom stereocenters. The second-order valence-electron chi connectivity index (χ2n) is 5.38. The molecule has 0 aliphatic heterocycles. The largest absolute Gasteiger partial charge is 0.269 e. The fraction of sp³-hybridized carbons (Fsp3) is 0.125. The monoisotopic (exact) mass is 415 g/mol. The molecule has 0 aliphatic carbocycles. The number of amides is 2. The van der Waals surface area contributed by atoms with E-state index in [0.717, 1.165) is 4.31 Å². The molecule has 26 heavy (non-hydrogen) atoms. The standard InChI is InChI=1S/C16H15Cl2N3O4S/c1-21(2)26(24,25)14-5-3-4-10(8-14)15(22)19-20-16(23)11-6-12(17)9-13(18)7-11/h3-9H,1-2H3,(H,19,22)(H,20,23). The molecular weight excluding hydrogens is 401 g/mol. The molecule has 0 aliphatic rings. The van der Waals surface area contributed by atoms with Crippen LogP contribution in [0.4, 0.5) is 0 Å². The Kier molecular flexibility index (Phi) is 6.25. The highest BCUT2D eigenvalue weighted by molar-refractivity contribution is 7.89. The Morgan fingerprint density at radius 1 is 0.885 bits per heavy atom. The van der Waals surface area contributed by atoms with Crippen molar-refractivity contribution >= 4 is 45.0 Å². The number of hydrogen-bond donors (Lipinski definition) is 2. The van der Waals surface area contributed by atoms with E-state index in [1.807, 2.05) is 0 Å². The van der Waals surface area contributed by atoms with Crippen molar-refractivity contribution in [2.24, 2.45) is 0 Å². The van der Waals surface area contributed by atoms with Gasteiger partial charge in [0.1, 0.15) is 0 Å². The summed E-state index contributed by atoms with van der Waals surface area (Å²) in [6.07, 6.45) is 0. The summed E-state index contributed by atoms with van der Waals surface area (Å²) in [5.41, 5.74) is 4.65. The Labute approximate surface area is 160 Å². The topological polar surface area (TPSA) is 95.6 Å². The van der Waals surface area contributed by atoms with E-state index in [2.05, 4.69) is 10.9 Å². The molecule has 0 atom stereocenters. The zero-order valence-corrected chi connectivity index (χ0v) is 16.1. The first-order valence-electron chi connectivity index (χ1n) is 7.20. The molecule has 7 nitrogen and oxygen atoms in total. The second-order valence-corrected chi connectivity index (χ2v) is 8.41. The highest BCUT2D eigenvalue weighted by Gasteiger charge is 2.19. The van der Waals surface area contributed by atoms with Crippen LogP contribution in [0.25, 0.3) is 0 Å². The summed E-state index contributed by atoms with van der Waals surface area (Å²) in [6, 6.07) is 9.69. The molecule has 0 fully saturated rings. The van der Waals surface area contributed by atoms with Crippen molar-refractivity contribution in [2.75, 3.05) is 14.1 Å². The van der Waals surface area contributed by atoms with Crippen molar-refractivity contribution in [3.05, 3.63) is 63.6 Å². The van der Waals surface area contributed by atoms with Crippen LogP contribution in [0, 0.1) is 0 Å². The maximum Gasteiger partial charge on any atom is 0.269 e. The number of carbonyl (C=O) groups excluding carboxylic acids is 2. The zero-order chi connectivity index (χ0) is 19.5. The van der Waals surface area contributed by atoms with Crippen LogP contribution in [0.1, 0.15) is 20.7 Å². The van der Waals surface area contributed by atoms with Crippen molar-refractivity contribution < 1.29 is 18.0 Å². The summed E-state index contributed by atoms with van der Waals surface area (Å²) >= 11 is 11.7. The summed E-state index contributed by atoms with van der Waals surface area (Å²) in [4.78, 5) is 24.2. The lowest BCUT2D eigenvalue weighted by atomic mass is 10.2. The summed E-state index contributed by atoms with van der Waals surface area (Å²) in [5.74, 6) is -1.30. The molecule has 0 spiro atoms. The normalized spacial score (nSPS) is 11.3. The Morgan fingerprint density at radius 2 is 1.42 bits per heavy atom. The lowest BCUT2D eigenvalue weighted by Gasteiger charge is -2.12.